The van der Waals surface area contributed by atoms with Crippen LogP contribution in [0.2, 0.25) is 0 Å². The van der Waals surface area contributed by atoms with Gasteiger partial charge in [0.2, 0.25) is 0 Å². The van der Waals surface area contributed by atoms with Crippen LogP contribution in [0.3, 0.4) is 0 Å². The van der Waals surface area contributed by atoms with Gasteiger partial charge in [-0.3, -0.25) is 0 Å². The van der Waals surface area contributed by atoms with Crippen molar-refractivity contribution < 1.29 is 9.59 Å². The molecule has 1 rings (SSSR count). The molecule has 0 aromatic carbocycles. The van der Waals surface area contributed by atoms with Gasteiger partial charge in [0.05, 0.1) is 18.0 Å². The van der Waals surface area contributed by atoms with E-state index in [1.165, 1.54) is 6.92 Å². The number of rotatable bonds is 1. The van der Waals surface area contributed by atoms with E-state index in [4.69, 9.17) is 5.11 Å². The maximum Gasteiger partial charge on any atom is 0.126 e. The third kappa shape index (κ3) is 1.26. The zero-order valence-electron chi connectivity index (χ0n) is 4.95. The maximum absolute atomic E-state index is 12.0. The van der Waals surface area contributed by atoms with Crippen LogP contribution in [0.25, 0.3) is 0 Å². The van der Waals surface area contributed by atoms with Crippen molar-refractivity contribution in [2.75, 3.05) is 0 Å². The molecule has 50 valence electrons. The van der Waals surface area contributed by atoms with Gasteiger partial charge in [-0.25, -0.2) is 4.98 Å². The van der Waals surface area contributed by atoms with Gasteiger partial charge in [-0.1, -0.05) is 4.48 Å². The highest BCUT2D eigenvalue weighted by Gasteiger charge is 2.02. The van der Waals surface area contributed by atoms with Gasteiger partial charge in [-0.05, 0) is 6.92 Å². The first-order valence-electron chi connectivity index (χ1n) is 2.58. The number of hydrogen-bond donors (Lipinski definition) is 1. The minimum atomic E-state index is -0.693. The number of aliphatic hydroxyl groups excluding tert-OH is 1. The molecule has 1 N–H and O–H groups in total. The van der Waals surface area contributed by atoms with Gasteiger partial charge >= 0.3 is 0 Å². The van der Waals surface area contributed by atoms with Crippen molar-refractivity contribution in [2.24, 2.45) is 0 Å². The van der Waals surface area contributed by atoms with Gasteiger partial charge < -0.3 is 5.11 Å². The van der Waals surface area contributed by atoms with Crippen LogP contribution in [0, 0.1) is 0 Å². The van der Waals surface area contributed by atoms with Gasteiger partial charge in [-0.2, -0.15) is 4.79 Å². The second-order valence-electron chi connectivity index (χ2n) is 1.82. The van der Waals surface area contributed by atoms with E-state index < -0.39 is 6.10 Å². The summed E-state index contributed by atoms with van der Waals surface area (Å²) < 4.78 is 12.0. The Morgan fingerprint density at radius 1 is 1.89 bits per heavy atom. The molecule has 0 saturated heterocycles. The molecule has 4 heteroatoms. The van der Waals surface area contributed by atoms with Crippen molar-refractivity contribution in [1.29, 1.82) is 0 Å². The Morgan fingerprint density at radius 3 is 2.78 bits per heavy atom. The Balaban J connectivity index is 2.85. The molecule has 1 atom stereocenters. The lowest BCUT2D eigenvalue weighted by Gasteiger charge is -1.93. The monoisotopic (exact) mass is 130 g/mol. The van der Waals surface area contributed by atoms with Crippen LogP contribution < -0.4 is 0 Å². The predicted molar refractivity (Wildman–Crippen MR) is 29.4 cm³/mol. The molecule has 1 aromatic heterocycles. The first-order chi connectivity index (χ1) is 4.20. The van der Waals surface area contributed by atoms with E-state index in [9.17, 15) is 4.48 Å². The van der Waals surface area contributed by atoms with Crippen LogP contribution in [-0.2, 0) is 0 Å². The van der Waals surface area contributed by atoms with Crippen molar-refractivity contribution in [3.8, 4) is 0 Å². The summed E-state index contributed by atoms with van der Waals surface area (Å²) in [4.78, 5) is 3.86. The van der Waals surface area contributed by atoms with Crippen LogP contribution in [0.1, 0.15) is 18.7 Å². The molecule has 1 heterocycles. The number of aliphatic hydroxyl groups is 1. The Hall–Kier alpha value is -0.900. The molecule has 0 spiro atoms. The molecule has 0 aliphatic rings. The Bertz CT molecular complexity index is 197. The lowest BCUT2D eigenvalue weighted by atomic mass is 10.3. The molecular formula is C5H7FN2O. The van der Waals surface area contributed by atoms with Crippen LogP contribution in [0.15, 0.2) is 12.5 Å². The van der Waals surface area contributed by atoms with Crippen molar-refractivity contribution >= 4 is 0 Å². The van der Waals surface area contributed by atoms with Gasteiger partial charge in [0.25, 0.3) is 0 Å². The van der Waals surface area contributed by atoms with Crippen molar-refractivity contribution in [1.82, 2.24) is 9.77 Å². The molecule has 0 saturated carbocycles. The zero-order valence-corrected chi connectivity index (χ0v) is 4.95. The minimum absolute atomic E-state index is 0.308. The molecule has 0 aliphatic heterocycles. The van der Waals surface area contributed by atoms with Gasteiger partial charge in [0.1, 0.15) is 6.33 Å². The highest BCUT2D eigenvalue weighted by Crippen LogP contribution is 2.06. The molecule has 0 fully saturated rings. The molecule has 3 nitrogen and oxygen atoms in total. The molecule has 1 aromatic rings. The zero-order chi connectivity index (χ0) is 6.85. The molecule has 1 unspecified atom stereocenters. The summed E-state index contributed by atoms with van der Waals surface area (Å²) >= 11 is 0. The number of imidazole rings is 1. The second-order valence-corrected chi connectivity index (χ2v) is 1.82. The van der Waals surface area contributed by atoms with Crippen LogP contribution in [-0.4, -0.2) is 14.9 Å². The first-order valence-corrected chi connectivity index (χ1v) is 2.58. The summed E-state index contributed by atoms with van der Waals surface area (Å²) in [5, 5.41) is 8.79. The number of hydrogen-bond acceptors (Lipinski definition) is 2. The average Bonchev–Trinajstić information content (AvgIpc) is 2.14. The number of aromatic nitrogens is 2. The Morgan fingerprint density at radius 2 is 2.56 bits per heavy atom. The number of nitrogens with zero attached hydrogens (tertiary/aromatic N) is 2. The van der Waals surface area contributed by atoms with Crippen molar-refractivity contribution in [3.63, 3.8) is 0 Å². The van der Waals surface area contributed by atoms with E-state index in [0.29, 0.717) is 10.5 Å². The van der Waals surface area contributed by atoms with E-state index in [2.05, 4.69) is 4.98 Å². The molecule has 0 radical (unpaired) electrons. The topological polar surface area (TPSA) is 38.0 Å². The Kier molecular flexibility index (Phi) is 1.48. The van der Waals surface area contributed by atoms with E-state index >= 15 is 0 Å². The summed E-state index contributed by atoms with van der Waals surface area (Å²) in [7, 11) is 0. The lowest BCUT2D eigenvalue weighted by Crippen LogP contribution is -1.89. The molecule has 0 aliphatic carbocycles. The van der Waals surface area contributed by atoms with Gasteiger partial charge in [-0.15, -0.1) is 0 Å². The molecule has 9 heavy (non-hydrogen) atoms. The van der Waals surface area contributed by atoms with E-state index in [1.807, 2.05) is 0 Å². The fourth-order valence-corrected chi connectivity index (χ4v) is 0.531. The lowest BCUT2D eigenvalue weighted by molar-refractivity contribution is 0.194. The number of halogens is 1. The highest BCUT2D eigenvalue weighted by molar-refractivity contribution is 4.97. The third-order valence-electron chi connectivity index (χ3n) is 1.00. The van der Waals surface area contributed by atoms with E-state index in [-0.39, 0.29) is 0 Å². The fourth-order valence-electron chi connectivity index (χ4n) is 0.531. The van der Waals surface area contributed by atoms with Crippen LogP contribution >= 0.6 is 0 Å². The van der Waals surface area contributed by atoms with Crippen LogP contribution in [0.5, 0.6) is 0 Å². The molecule has 0 amide bonds. The third-order valence-corrected chi connectivity index (χ3v) is 1.00. The largest absolute Gasteiger partial charge is 0.387 e. The fraction of sp³-hybridized carbons (Fsp3) is 0.400. The smallest absolute Gasteiger partial charge is 0.126 e. The van der Waals surface area contributed by atoms with Gasteiger partial charge in [0, 0.05) is 0 Å². The first kappa shape index (κ1) is 6.22. The summed E-state index contributed by atoms with van der Waals surface area (Å²) in [6.45, 7) is 1.53. The highest BCUT2D eigenvalue weighted by atomic mass is 19.2. The standard InChI is InChI=1S/C5H7FN2O/c1-4(9)5-2-8(6)3-7-5/h2-4,9H,1H3. The summed E-state index contributed by atoms with van der Waals surface area (Å²) in [6, 6.07) is 0. The quantitative estimate of drug-likeness (QED) is 0.606. The van der Waals surface area contributed by atoms with Crippen molar-refractivity contribution in [3.05, 3.63) is 18.2 Å². The van der Waals surface area contributed by atoms with Crippen LogP contribution in [0.4, 0.5) is 4.48 Å². The predicted octanol–water partition coefficient (Wildman–Crippen LogP) is 0.669. The second kappa shape index (κ2) is 2.14. The SMILES string of the molecule is CC(O)c1cn(F)cn1. The summed E-state index contributed by atoms with van der Waals surface area (Å²) in [5.41, 5.74) is 0.345. The Labute approximate surface area is 51.7 Å². The van der Waals surface area contributed by atoms with Crippen molar-refractivity contribution in [2.45, 2.75) is 13.0 Å². The molecule has 0 bridgehead atoms. The van der Waals surface area contributed by atoms with E-state index in [0.717, 1.165) is 12.5 Å². The minimum Gasteiger partial charge on any atom is -0.387 e. The molecular weight excluding hydrogens is 123 g/mol. The average molecular weight is 130 g/mol. The van der Waals surface area contributed by atoms with Gasteiger partial charge in [0.15, 0.2) is 0 Å². The maximum atomic E-state index is 12.0. The summed E-state index contributed by atoms with van der Waals surface area (Å²) in [5.74, 6) is 0. The van der Waals surface area contributed by atoms with E-state index in [1.54, 1.807) is 0 Å². The summed E-state index contributed by atoms with van der Waals surface area (Å²) in [6.07, 6.45) is 1.44. The normalized spacial score (nSPS) is 13.7.